The van der Waals surface area contributed by atoms with Crippen LogP contribution in [0.25, 0.3) is 0 Å². The van der Waals surface area contributed by atoms with Gasteiger partial charge in [-0.2, -0.15) is 9.97 Å². The minimum Gasteiger partial charge on any atom is -0.424 e. The lowest BCUT2D eigenvalue weighted by Gasteiger charge is -2.19. The van der Waals surface area contributed by atoms with E-state index < -0.39 is 38.4 Å². The molecular formula is C24H26N6O8. The van der Waals surface area contributed by atoms with Gasteiger partial charge in [0.15, 0.2) is 14.8 Å². The molecule has 0 aliphatic rings. The molecule has 0 spiro atoms. The molecule has 14 nitrogen and oxygen atoms in total. The van der Waals surface area contributed by atoms with Crippen LogP contribution in [0.5, 0.6) is 23.5 Å². The van der Waals surface area contributed by atoms with Gasteiger partial charge in [0.05, 0.1) is 0 Å². The van der Waals surface area contributed by atoms with Crippen LogP contribution >= 0.6 is 0 Å². The standard InChI is InChI=1S/C24H26N6O8/c1-22(2,3)15-7-11-17(12-8-15)37-20-25-19(24(28(31)32,29(33)34)30(35)36)26-21(27-20)38-18-13-9-16(10-14-18)23(4,5)6/h7-14H,1-6H3. The van der Waals surface area contributed by atoms with E-state index >= 15 is 0 Å². The number of ether oxygens (including phenoxy) is 2. The Bertz CT molecular complexity index is 1250. The van der Waals surface area contributed by atoms with Crippen LogP contribution in [0.1, 0.15) is 58.5 Å². The molecule has 0 radical (unpaired) electrons. The van der Waals surface area contributed by atoms with E-state index in [0.29, 0.717) is 0 Å². The van der Waals surface area contributed by atoms with Gasteiger partial charge in [0, 0.05) is 0 Å². The highest BCUT2D eigenvalue weighted by Gasteiger charge is 2.76. The quantitative estimate of drug-likeness (QED) is 0.218. The van der Waals surface area contributed by atoms with E-state index in [1.165, 1.54) is 0 Å². The van der Waals surface area contributed by atoms with E-state index in [4.69, 9.17) is 9.47 Å². The molecule has 1 heterocycles. The predicted octanol–water partition coefficient (Wildman–Crippen LogP) is 4.99. The zero-order valence-corrected chi connectivity index (χ0v) is 21.6. The minimum absolute atomic E-state index is 0.162. The van der Waals surface area contributed by atoms with Gasteiger partial charge < -0.3 is 9.47 Å². The Kier molecular flexibility index (Phi) is 7.29. The fourth-order valence-electron chi connectivity index (χ4n) is 3.28. The average molecular weight is 527 g/mol. The number of hydrogen-bond acceptors (Lipinski definition) is 11. The van der Waals surface area contributed by atoms with Crippen LogP contribution in [0.4, 0.5) is 0 Å². The van der Waals surface area contributed by atoms with E-state index in [9.17, 15) is 30.3 Å². The predicted molar refractivity (Wildman–Crippen MR) is 133 cm³/mol. The molecule has 0 atom stereocenters. The van der Waals surface area contributed by atoms with Crippen molar-refractivity contribution in [1.29, 1.82) is 0 Å². The monoisotopic (exact) mass is 526 g/mol. The SMILES string of the molecule is CC(C)(C)c1ccc(Oc2nc(Oc3ccc(C(C)(C)C)cc3)nc(C([N+](=O)[O-])([N+](=O)[O-])[N+](=O)[O-])n2)cc1. The maximum atomic E-state index is 11.6. The molecule has 0 fully saturated rings. The average Bonchev–Trinajstić information content (AvgIpc) is 2.78. The fraction of sp³-hybridized carbons (Fsp3) is 0.375. The lowest BCUT2D eigenvalue weighted by atomic mass is 9.87. The Balaban J connectivity index is 2.10. The van der Waals surface area contributed by atoms with Gasteiger partial charge in [0.1, 0.15) is 11.5 Å². The van der Waals surface area contributed by atoms with Crippen molar-refractivity contribution in [3.63, 3.8) is 0 Å². The van der Waals surface area contributed by atoms with E-state index in [2.05, 4.69) is 15.0 Å². The lowest BCUT2D eigenvalue weighted by Crippen LogP contribution is -2.51. The summed E-state index contributed by atoms with van der Waals surface area (Å²) in [6.07, 6.45) is 0. The minimum atomic E-state index is -4.12. The number of rotatable bonds is 8. The molecular weight excluding hydrogens is 500 g/mol. The highest BCUT2D eigenvalue weighted by Crippen LogP contribution is 2.31. The summed E-state index contributed by atoms with van der Waals surface area (Å²) >= 11 is 0. The van der Waals surface area contributed by atoms with Crippen LogP contribution in [0.15, 0.2) is 48.5 Å². The van der Waals surface area contributed by atoms with Gasteiger partial charge in [-0.25, -0.2) is 0 Å². The number of nitrogens with zero attached hydrogens (tertiary/aromatic N) is 6. The zero-order chi connectivity index (χ0) is 28.5. The van der Waals surface area contributed by atoms with Crippen LogP contribution in [0.2, 0.25) is 0 Å². The topological polar surface area (TPSA) is 187 Å². The van der Waals surface area contributed by atoms with Crippen molar-refractivity contribution in [3.8, 4) is 23.5 Å². The molecule has 200 valence electrons. The van der Waals surface area contributed by atoms with Crippen molar-refractivity contribution in [2.75, 3.05) is 0 Å². The van der Waals surface area contributed by atoms with Gasteiger partial charge in [-0.15, -0.1) is 4.98 Å². The smallest absolute Gasteiger partial charge is 0.424 e. The van der Waals surface area contributed by atoms with Gasteiger partial charge in [-0.05, 0) is 46.2 Å². The Morgan fingerprint density at radius 1 is 0.579 bits per heavy atom. The molecule has 0 unspecified atom stereocenters. The number of hydrogen-bond donors (Lipinski definition) is 0. The molecule has 0 amide bonds. The van der Waals surface area contributed by atoms with Crippen LogP contribution in [0.3, 0.4) is 0 Å². The Morgan fingerprint density at radius 2 is 0.895 bits per heavy atom. The van der Waals surface area contributed by atoms with Crippen molar-refractivity contribution in [3.05, 3.63) is 95.8 Å². The summed E-state index contributed by atoms with van der Waals surface area (Å²) in [5.41, 5.74) is 1.62. The first kappa shape index (κ1) is 27.8. The molecule has 0 N–H and O–H groups in total. The first-order valence-electron chi connectivity index (χ1n) is 11.3. The summed E-state index contributed by atoms with van der Waals surface area (Å²) in [6.45, 7) is 12.0. The summed E-state index contributed by atoms with van der Waals surface area (Å²) in [4.78, 5) is 40.9. The highest BCUT2D eigenvalue weighted by atomic mass is 16.7. The summed E-state index contributed by atoms with van der Waals surface area (Å²) in [5, 5.41) is 34.9. The third-order valence-electron chi connectivity index (χ3n) is 5.52. The number of nitro groups is 3. The summed E-state index contributed by atoms with van der Waals surface area (Å²) in [7, 11) is 0. The second-order valence-electron chi connectivity index (χ2n) is 10.4. The first-order chi connectivity index (χ1) is 17.5. The van der Waals surface area contributed by atoms with Crippen molar-refractivity contribution < 1.29 is 24.2 Å². The number of benzene rings is 2. The van der Waals surface area contributed by atoms with Crippen molar-refractivity contribution >= 4 is 0 Å². The van der Waals surface area contributed by atoms with Gasteiger partial charge in [0.2, 0.25) is 0 Å². The molecule has 38 heavy (non-hydrogen) atoms. The van der Waals surface area contributed by atoms with Gasteiger partial charge >= 0.3 is 23.6 Å². The molecule has 3 aromatic rings. The Morgan fingerprint density at radius 3 is 1.16 bits per heavy atom. The van der Waals surface area contributed by atoms with Crippen molar-refractivity contribution in [2.24, 2.45) is 0 Å². The van der Waals surface area contributed by atoms with E-state index in [1.54, 1.807) is 48.5 Å². The number of aromatic nitrogens is 3. The van der Waals surface area contributed by atoms with E-state index in [0.717, 1.165) is 11.1 Å². The zero-order valence-electron chi connectivity index (χ0n) is 21.6. The second-order valence-corrected chi connectivity index (χ2v) is 10.4. The van der Waals surface area contributed by atoms with Crippen LogP contribution in [-0.4, -0.2) is 29.7 Å². The fourth-order valence-corrected chi connectivity index (χ4v) is 3.28. The Hall–Kier alpha value is -4.75. The molecule has 2 aromatic carbocycles. The third kappa shape index (κ3) is 5.63. The van der Waals surface area contributed by atoms with Gasteiger partial charge in [0.25, 0.3) is 0 Å². The van der Waals surface area contributed by atoms with Crippen molar-refractivity contribution in [2.45, 2.75) is 58.2 Å². The van der Waals surface area contributed by atoms with E-state index in [1.807, 2.05) is 41.5 Å². The largest absolute Gasteiger partial charge is 0.763 e. The molecule has 0 saturated heterocycles. The van der Waals surface area contributed by atoms with Crippen molar-refractivity contribution in [1.82, 2.24) is 15.0 Å². The third-order valence-corrected chi connectivity index (χ3v) is 5.52. The van der Waals surface area contributed by atoms with Gasteiger partial charge in [-0.1, -0.05) is 65.8 Å². The molecule has 0 saturated carbocycles. The maximum absolute atomic E-state index is 11.6. The normalized spacial score (nSPS) is 12.1. The summed E-state index contributed by atoms with van der Waals surface area (Å²) in [5.74, 6) is -5.17. The van der Waals surface area contributed by atoms with Crippen LogP contribution in [-0.2, 0) is 16.6 Å². The molecule has 1 aromatic heterocycles. The summed E-state index contributed by atoms with van der Waals surface area (Å²) < 4.78 is 11.1. The van der Waals surface area contributed by atoms with Crippen LogP contribution < -0.4 is 9.47 Å². The van der Waals surface area contributed by atoms with Gasteiger partial charge in [-0.3, -0.25) is 30.3 Å². The molecule has 0 aliphatic carbocycles. The lowest BCUT2D eigenvalue weighted by molar-refractivity contribution is -0.987. The second kappa shape index (κ2) is 9.95. The first-order valence-corrected chi connectivity index (χ1v) is 11.3. The molecule has 14 heteroatoms. The van der Waals surface area contributed by atoms with Crippen LogP contribution in [0, 0.1) is 30.3 Å². The van der Waals surface area contributed by atoms with E-state index in [-0.39, 0.29) is 22.3 Å². The maximum Gasteiger partial charge on any atom is 0.763 e. The highest BCUT2D eigenvalue weighted by molar-refractivity contribution is 5.34. The summed E-state index contributed by atoms with van der Waals surface area (Å²) in [6, 6.07) is 12.0. The molecule has 0 aliphatic heterocycles. The Labute approximate surface area is 217 Å². The molecule has 0 bridgehead atoms. The molecule has 3 rings (SSSR count).